The van der Waals surface area contributed by atoms with Crippen molar-refractivity contribution >= 4 is 34.8 Å². The monoisotopic (exact) mass is 376 g/mol. The lowest BCUT2D eigenvalue weighted by Crippen LogP contribution is -2.28. The molecule has 0 spiro atoms. The fourth-order valence-corrected chi connectivity index (χ4v) is 3.23. The highest BCUT2D eigenvalue weighted by Gasteiger charge is 2.36. The predicted molar refractivity (Wildman–Crippen MR) is 93.1 cm³/mol. The zero-order chi connectivity index (χ0) is 18.3. The number of nitrogens with one attached hydrogen (secondary N) is 1. The Morgan fingerprint density at radius 1 is 1.19 bits per heavy atom. The van der Waals surface area contributed by atoms with Crippen LogP contribution < -0.4 is 19.7 Å². The van der Waals surface area contributed by atoms with Gasteiger partial charge in [-0.25, -0.2) is 4.39 Å². The molecule has 8 heteroatoms. The summed E-state index contributed by atoms with van der Waals surface area (Å²) in [6, 6.07) is 8.93. The standard InChI is InChI=1S/C18H14ClFN2O4/c19-13-6-11(20)1-3-14(13)21-18(24)10-5-17(23)22(8-10)12-2-4-15-16(7-12)26-9-25-15/h1-4,6-7,10H,5,8-9H2,(H,21,24). The molecule has 2 aromatic carbocycles. The van der Waals surface area contributed by atoms with Crippen molar-refractivity contribution in [3.05, 3.63) is 47.2 Å². The van der Waals surface area contributed by atoms with E-state index in [4.69, 9.17) is 21.1 Å². The van der Waals surface area contributed by atoms with Crippen molar-refractivity contribution in [2.24, 2.45) is 5.92 Å². The van der Waals surface area contributed by atoms with E-state index in [0.717, 1.165) is 6.07 Å². The summed E-state index contributed by atoms with van der Waals surface area (Å²) in [6.07, 6.45) is 0.0824. The molecule has 0 aliphatic carbocycles. The molecule has 4 rings (SSSR count). The predicted octanol–water partition coefficient (Wildman–Crippen LogP) is 3.20. The number of carbonyl (C=O) groups is 2. The summed E-state index contributed by atoms with van der Waals surface area (Å²) in [7, 11) is 0. The van der Waals surface area contributed by atoms with Crippen molar-refractivity contribution in [1.29, 1.82) is 0 Å². The lowest BCUT2D eigenvalue weighted by Gasteiger charge is -2.17. The first-order valence-corrected chi connectivity index (χ1v) is 8.35. The number of hydrogen-bond donors (Lipinski definition) is 1. The van der Waals surface area contributed by atoms with Crippen LogP contribution in [0.2, 0.25) is 5.02 Å². The van der Waals surface area contributed by atoms with Crippen LogP contribution in [0, 0.1) is 11.7 Å². The Morgan fingerprint density at radius 3 is 2.81 bits per heavy atom. The molecular formula is C18H14ClFN2O4. The van der Waals surface area contributed by atoms with Crippen LogP contribution in [0.3, 0.4) is 0 Å². The minimum atomic E-state index is -0.533. The van der Waals surface area contributed by atoms with Gasteiger partial charge >= 0.3 is 0 Å². The van der Waals surface area contributed by atoms with Gasteiger partial charge in [0.15, 0.2) is 11.5 Å². The van der Waals surface area contributed by atoms with Crippen molar-refractivity contribution in [2.45, 2.75) is 6.42 Å². The van der Waals surface area contributed by atoms with Crippen LogP contribution in [0.1, 0.15) is 6.42 Å². The van der Waals surface area contributed by atoms with Gasteiger partial charge in [0.25, 0.3) is 0 Å². The van der Waals surface area contributed by atoms with Gasteiger partial charge < -0.3 is 19.7 Å². The first-order chi connectivity index (χ1) is 12.5. The quantitative estimate of drug-likeness (QED) is 0.893. The number of fused-ring (bicyclic) bond motifs is 1. The van der Waals surface area contributed by atoms with Gasteiger partial charge in [0, 0.05) is 24.7 Å². The van der Waals surface area contributed by atoms with Gasteiger partial charge in [-0.1, -0.05) is 11.6 Å². The minimum Gasteiger partial charge on any atom is -0.454 e. The van der Waals surface area contributed by atoms with E-state index >= 15 is 0 Å². The third kappa shape index (κ3) is 3.06. The Labute approximate surface area is 153 Å². The molecule has 2 aliphatic heterocycles. The number of rotatable bonds is 3. The zero-order valence-electron chi connectivity index (χ0n) is 13.5. The largest absolute Gasteiger partial charge is 0.454 e. The molecule has 1 saturated heterocycles. The van der Waals surface area contributed by atoms with Crippen LogP contribution in [0.5, 0.6) is 11.5 Å². The van der Waals surface area contributed by atoms with E-state index in [1.54, 1.807) is 23.1 Å². The van der Waals surface area contributed by atoms with Gasteiger partial charge in [0.2, 0.25) is 18.6 Å². The second-order valence-electron chi connectivity index (χ2n) is 6.06. The molecule has 2 aromatic rings. The maximum atomic E-state index is 13.1. The third-order valence-corrected chi connectivity index (χ3v) is 4.67. The number of carbonyl (C=O) groups excluding carboxylic acids is 2. The first-order valence-electron chi connectivity index (χ1n) is 7.97. The zero-order valence-corrected chi connectivity index (χ0v) is 14.3. The van der Waals surface area contributed by atoms with Gasteiger partial charge in [0.1, 0.15) is 5.82 Å². The molecular weight excluding hydrogens is 363 g/mol. The molecule has 2 aliphatic rings. The number of amides is 2. The van der Waals surface area contributed by atoms with Crippen LogP contribution in [0.25, 0.3) is 0 Å². The maximum absolute atomic E-state index is 13.1. The average molecular weight is 377 g/mol. The maximum Gasteiger partial charge on any atom is 0.231 e. The van der Waals surface area contributed by atoms with Gasteiger partial charge in [-0.05, 0) is 30.3 Å². The van der Waals surface area contributed by atoms with Crippen molar-refractivity contribution in [2.75, 3.05) is 23.6 Å². The highest BCUT2D eigenvalue weighted by Crippen LogP contribution is 2.37. The molecule has 1 unspecified atom stereocenters. The Balaban J connectivity index is 1.48. The molecule has 1 atom stereocenters. The smallest absolute Gasteiger partial charge is 0.231 e. The molecule has 0 aromatic heterocycles. The van der Waals surface area contributed by atoms with Gasteiger partial charge in [-0.15, -0.1) is 0 Å². The summed E-state index contributed by atoms with van der Waals surface area (Å²) in [5.74, 6) is -0.321. The molecule has 2 heterocycles. The van der Waals surface area contributed by atoms with Gasteiger partial charge in [-0.3, -0.25) is 9.59 Å². The number of ether oxygens (including phenoxy) is 2. The van der Waals surface area contributed by atoms with Crippen LogP contribution in [-0.4, -0.2) is 25.2 Å². The van der Waals surface area contributed by atoms with E-state index in [9.17, 15) is 14.0 Å². The Morgan fingerprint density at radius 2 is 2.00 bits per heavy atom. The van der Waals surface area contributed by atoms with Gasteiger partial charge in [-0.2, -0.15) is 0 Å². The van der Waals surface area contributed by atoms with E-state index in [1.165, 1.54) is 12.1 Å². The Hall–Kier alpha value is -2.80. The van der Waals surface area contributed by atoms with Crippen LogP contribution in [0.15, 0.2) is 36.4 Å². The molecule has 1 N–H and O–H groups in total. The Bertz CT molecular complexity index is 905. The van der Waals surface area contributed by atoms with E-state index < -0.39 is 11.7 Å². The lowest BCUT2D eigenvalue weighted by molar-refractivity contribution is -0.122. The number of anilines is 2. The SMILES string of the molecule is O=C(Nc1ccc(F)cc1Cl)C1CC(=O)N(c2ccc3c(c2)OCO3)C1. The topological polar surface area (TPSA) is 67.9 Å². The summed E-state index contributed by atoms with van der Waals surface area (Å²) in [5.41, 5.74) is 0.960. The molecule has 1 fully saturated rings. The normalized spacial score (nSPS) is 18.3. The van der Waals surface area contributed by atoms with Crippen LogP contribution in [-0.2, 0) is 9.59 Å². The molecule has 0 bridgehead atoms. The summed E-state index contributed by atoms with van der Waals surface area (Å²) < 4.78 is 23.7. The number of nitrogens with zero attached hydrogens (tertiary/aromatic N) is 1. The molecule has 6 nitrogen and oxygen atoms in total. The fourth-order valence-electron chi connectivity index (χ4n) is 3.01. The molecule has 2 amide bonds. The van der Waals surface area contributed by atoms with Crippen LogP contribution in [0.4, 0.5) is 15.8 Å². The van der Waals surface area contributed by atoms with Crippen molar-refractivity contribution < 1.29 is 23.5 Å². The van der Waals surface area contributed by atoms with Gasteiger partial charge in [0.05, 0.1) is 16.6 Å². The summed E-state index contributed by atoms with van der Waals surface area (Å²) >= 11 is 5.93. The summed E-state index contributed by atoms with van der Waals surface area (Å²) in [6.45, 7) is 0.388. The first kappa shape index (κ1) is 16.7. The third-order valence-electron chi connectivity index (χ3n) is 4.35. The highest BCUT2D eigenvalue weighted by molar-refractivity contribution is 6.33. The average Bonchev–Trinajstić information content (AvgIpc) is 3.23. The second kappa shape index (κ2) is 6.49. The van der Waals surface area contributed by atoms with Crippen molar-refractivity contribution in [1.82, 2.24) is 0 Å². The van der Waals surface area contributed by atoms with Crippen molar-refractivity contribution in [3.8, 4) is 11.5 Å². The molecule has 0 radical (unpaired) electrons. The van der Waals surface area contributed by atoms with Crippen molar-refractivity contribution in [3.63, 3.8) is 0 Å². The van der Waals surface area contributed by atoms with E-state index in [0.29, 0.717) is 22.9 Å². The fraction of sp³-hybridized carbons (Fsp3) is 0.222. The molecule has 0 saturated carbocycles. The highest BCUT2D eigenvalue weighted by atomic mass is 35.5. The Kier molecular flexibility index (Phi) is 4.16. The molecule has 26 heavy (non-hydrogen) atoms. The summed E-state index contributed by atoms with van der Waals surface area (Å²) in [5, 5.41) is 2.76. The van der Waals surface area contributed by atoms with E-state index in [-0.39, 0.29) is 36.6 Å². The molecule has 134 valence electrons. The minimum absolute atomic E-state index is 0.0824. The van der Waals surface area contributed by atoms with Crippen LogP contribution >= 0.6 is 11.6 Å². The second-order valence-corrected chi connectivity index (χ2v) is 6.46. The number of hydrogen-bond acceptors (Lipinski definition) is 4. The number of benzene rings is 2. The van der Waals surface area contributed by atoms with E-state index in [1.807, 2.05) is 0 Å². The lowest BCUT2D eigenvalue weighted by atomic mass is 10.1. The van der Waals surface area contributed by atoms with E-state index in [2.05, 4.69) is 5.32 Å². The summed E-state index contributed by atoms with van der Waals surface area (Å²) in [4.78, 5) is 26.4. The number of halogens is 2.